The second kappa shape index (κ2) is 7.47. The summed E-state index contributed by atoms with van der Waals surface area (Å²) in [6.07, 6.45) is 1.15. The van der Waals surface area contributed by atoms with Crippen molar-refractivity contribution in [1.29, 1.82) is 0 Å². The zero-order valence-corrected chi connectivity index (χ0v) is 14.2. The van der Waals surface area contributed by atoms with Crippen molar-refractivity contribution in [3.63, 3.8) is 0 Å². The van der Waals surface area contributed by atoms with E-state index in [0.717, 1.165) is 23.9 Å². The number of carbonyl (C=O) groups excluding carboxylic acids is 1. The summed E-state index contributed by atoms with van der Waals surface area (Å²) in [5.41, 5.74) is 0. The van der Waals surface area contributed by atoms with Crippen LogP contribution in [0.4, 0.5) is 0 Å². The average Bonchev–Trinajstić information content (AvgIpc) is 2.90. The molecule has 0 bridgehead atoms. The fraction of sp³-hybridized carbons (Fsp3) is 0.533. The number of carbonyl (C=O) groups is 1. The van der Waals surface area contributed by atoms with Crippen molar-refractivity contribution in [2.24, 2.45) is 5.92 Å². The molecule has 2 rings (SSSR count). The zero-order valence-electron chi connectivity index (χ0n) is 11.9. The van der Waals surface area contributed by atoms with E-state index in [2.05, 4.69) is 15.9 Å². The highest BCUT2D eigenvalue weighted by molar-refractivity contribution is 9.10. The number of ether oxygens (including phenoxy) is 1. The van der Waals surface area contributed by atoms with E-state index in [0.29, 0.717) is 23.2 Å². The zero-order chi connectivity index (χ0) is 15.4. The lowest BCUT2D eigenvalue weighted by Gasteiger charge is -2.22. The Kier molecular flexibility index (Phi) is 5.90. The number of amides is 1. The molecule has 1 aliphatic rings. The van der Waals surface area contributed by atoms with Crippen LogP contribution < -0.4 is 4.74 Å². The fourth-order valence-electron chi connectivity index (χ4n) is 2.52. The van der Waals surface area contributed by atoms with Gasteiger partial charge in [-0.1, -0.05) is 11.6 Å². The molecular formula is C15H19BrClNO3. The van der Waals surface area contributed by atoms with Gasteiger partial charge in [-0.3, -0.25) is 4.79 Å². The first-order valence-corrected chi connectivity index (χ1v) is 8.19. The lowest BCUT2D eigenvalue weighted by molar-refractivity contribution is -0.137. The molecular weight excluding hydrogens is 358 g/mol. The van der Waals surface area contributed by atoms with Crippen molar-refractivity contribution in [3.05, 3.63) is 27.7 Å². The summed E-state index contributed by atoms with van der Waals surface area (Å²) >= 11 is 9.26. The van der Waals surface area contributed by atoms with Crippen molar-refractivity contribution >= 4 is 33.4 Å². The molecule has 116 valence electrons. The van der Waals surface area contributed by atoms with Gasteiger partial charge < -0.3 is 14.7 Å². The smallest absolute Gasteiger partial charge is 0.263 e. The standard InChI is InChI=1S/C15H19BrClNO3/c1-10(21-14-3-2-12(17)8-13(14)16)15(20)18-6-4-11(9-18)5-7-19/h2-3,8,10-11,19H,4-7,9H2,1H3. The van der Waals surface area contributed by atoms with Gasteiger partial charge in [-0.05, 0) is 59.8 Å². The number of nitrogens with zero attached hydrogens (tertiary/aromatic N) is 1. The van der Waals surface area contributed by atoms with E-state index in [1.54, 1.807) is 25.1 Å². The van der Waals surface area contributed by atoms with Crippen LogP contribution in [0, 0.1) is 5.92 Å². The van der Waals surface area contributed by atoms with Crippen LogP contribution in [0.3, 0.4) is 0 Å². The average molecular weight is 377 g/mol. The summed E-state index contributed by atoms with van der Waals surface area (Å²) in [6.45, 7) is 3.37. The topological polar surface area (TPSA) is 49.8 Å². The molecule has 1 N–H and O–H groups in total. The molecule has 1 aromatic carbocycles. The largest absolute Gasteiger partial charge is 0.480 e. The summed E-state index contributed by atoms with van der Waals surface area (Å²) < 4.78 is 6.45. The molecule has 1 heterocycles. The van der Waals surface area contributed by atoms with Gasteiger partial charge in [0.1, 0.15) is 5.75 Å². The van der Waals surface area contributed by atoms with Crippen LogP contribution in [0.2, 0.25) is 5.02 Å². The van der Waals surface area contributed by atoms with Crippen LogP contribution in [-0.2, 0) is 4.79 Å². The first-order chi connectivity index (χ1) is 10.0. The van der Waals surface area contributed by atoms with E-state index in [4.69, 9.17) is 21.4 Å². The minimum atomic E-state index is -0.546. The minimum absolute atomic E-state index is 0.0164. The molecule has 1 amide bonds. The van der Waals surface area contributed by atoms with Crippen molar-refractivity contribution in [2.45, 2.75) is 25.9 Å². The lowest BCUT2D eigenvalue weighted by Crippen LogP contribution is -2.39. The number of benzene rings is 1. The number of hydrogen-bond acceptors (Lipinski definition) is 3. The predicted molar refractivity (Wildman–Crippen MR) is 85.6 cm³/mol. The van der Waals surface area contributed by atoms with Gasteiger partial charge in [0.2, 0.25) is 0 Å². The molecule has 1 fully saturated rings. The van der Waals surface area contributed by atoms with Crippen LogP contribution in [0.5, 0.6) is 5.75 Å². The number of aliphatic hydroxyl groups excluding tert-OH is 1. The SMILES string of the molecule is CC(Oc1ccc(Cl)cc1Br)C(=O)N1CCC(CCO)C1. The summed E-state index contributed by atoms with van der Waals surface area (Å²) in [7, 11) is 0. The third-order valence-electron chi connectivity index (χ3n) is 3.68. The quantitative estimate of drug-likeness (QED) is 0.859. The number of likely N-dealkylation sites (tertiary alicyclic amines) is 1. The van der Waals surface area contributed by atoms with E-state index in [1.807, 2.05) is 4.90 Å². The molecule has 1 saturated heterocycles. The van der Waals surface area contributed by atoms with Crippen LogP contribution >= 0.6 is 27.5 Å². The first-order valence-electron chi connectivity index (χ1n) is 7.02. The van der Waals surface area contributed by atoms with Gasteiger partial charge in [0.05, 0.1) is 4.47 Å². The predicted octanol–water partition coefficient (Wildman–Crippen LogP) is 3.10. The number of aliphatic hydroxyl groups is 1. The van der Waals surface area contributed by atoms with E-state index >= 15 is 0 Å². The molecule has 6 heteroatoms. The Morgan fingerprint density at radius 2 is 2.38 bits per heavy atom. The molecule has 0 saturated carbocycles. The van der Waals surface area contributed by atoms with Crippen LogP contribution in [0.1, 0.15) is 19.8 Å². The van der Waals surface area contributed by atoms with Gasteiger partial charge >= 0.3 is 0 Å². The maximum Gasteiger partial charge on any atom is 0.263 e. The molecule has 0 radical (unpaired) electrons. The van der Waals surface area contributed by atoms with Crippen LogP contribution in [0.25, 0.3) is 0 Å². The van der Waals surface area contributed by atoms with Crippen molar-refractivity contribution in [3.8, 4) is 5.75 Å². The molecule has 2 unspecified atom stereocenters. The van der Waals surface area contributed by atoms with Crippen LogP contribution in [-0.4, -0.2) is 41.7 Å². The monoisotopic (exact) mass is 375 g/mol. The Bertz CT molecular complexity index is 512. The molecule has 1 aromatic rings. The maximum atomic E-state index is 12.4. The Morgan fingerprint density at radius 3 is 3.05 bits per heavy atom. The van der Waals surface area contributed by atoms with Crippen molar-refractivity contribution in [1.82, 2.24) is 4.90 Å². The maximum absolute atomic E-state index is 12.4. The van der Waals surface area contributed by atoms with E-state index < -0.39 is 6.10 Å². The van der Waals surface area contributed by atoms with E-state index in [9.17, 15) is 4.79 Å². The van der Waals surface area contributed by atoms with Gasteiger partial charge in [-0.15, -0.1) is 0 Å². The highest BCUT2D eigenvalue weighted by Gasteiger charge is 2.29. The van der Waals surface area contributed by atoms with E-state index in [1.165, 1.54) is 0 Å². The molecule has 2 atom stereocenters. The third kappa shape index (κ3) is 4.34. The van der Waals surface area contributed by atoms with Crippen molar-refractivity contribution in [2.75, 3.05) is 19.7 Å². The fourth-order valence-corrected chi connectivity index (χ4v) is 3.30. The van der Waals surface area contributed by atoms with Crippen molar-refractivity contribution < 1.29 is 14.6 Å². The number of halogens is 2. The molecule has 4 nitrogen and oxygen atoms in total. The van der Waals surface area contributed by atoms with Gasteiger partial charge in [0.25, 0.3) is 5.91 Å². The highest BCUT2D eigenvalue weighted by Crippen LogP contribution is 2.29. The molecule has 0 spiro atoms. The molecule has 21 heavy (non-hydrogen) atoms. The second-order valence-corrected chi connectivity index (χ2v) is 6.58. The number of hydrogen-bond donors (Lipinski definition) is 1. The van der Waals surface area contributed by atoms with Gasteiger partial charge in [-0.25, -0.2) is 0 Å². The third-order valence-corrected chi connectivity index (χ3v) is 4.54. The Balaban J connectivity index is 1.94. The van der Waals surface area contributed by atoms with Gasteiger partial charge in [0, 0.05) is 24.7 Å². The molecule has 0 aromatic heterocycles. The lowest BCUT2D eigenvalue weighted by atomic mass is 10.1. The van der Waals surface area contributed by atoms with E-state index in [-0.39, 0.29) is 12.5 Å². The summed E-state index contributed by atoms with van der Waals surface area (Å²) in [6, 6.07) is 5.21. The number of rotatable bonds is 5. The van der Waals surface area contributed by atoms with Gasteiger partial charge in [-0.2, -0.15) is 0 Å². The van der Waals surface area contributed by atoms with Gasteiger partial charge in [0.15, 0.2) is 6.10 Å². The molecule has 0 aliphatic carbocycles. The summed E-state index contributed by atoms with van der Waals surface area (Å²) in [4.78, 5) is 14.2. The molecule has 1 aliphatic heterocycles. The highest BCUT2D eigenvalue weighted by atomic mass is 79.9. The first kappa shape index (κ1) is 16.6. The Labute approximate surface area is 138 Å². The Morgan fingerprint density at radius 1 is 1.62 bits per heavy atom. The normalized spacial score (nSPS) is 19.6. The Hall–Kier alpha value is -0.780. The second-order valence-electron chi connectivity index (χ2n) is 5.29. The minimum Gasteiger partial charge on any atom is -0.480 e. The van der Waals surface area contributed by atoms with Crippen LogP contribution in [0.15, 0.2) is 22.7 Å². The summed E-state index contributed by atoms with van der Waals surface area (Å²) in [5, 5.41) is 9.58. The summed E-state index contributed by atoms with van der Waals surface area (Å²) in [5.74, 6) is 0.983.